The quantitative estimate of drug-likeness (QED) is 0.519. The van der Waals surface area contributed by atoms with E-state index in [2.05, 4.69) is 26.6 Å². The monoisotopic (exact) mass is 496 g/mol. The molecule has 160 valence electrons. The molecule has 30 heavy (non-hydrogen) atoms. The van der Waals surface area contributed by atoms with Crippen molar-refractivity contribution in [2.75, 3.05) is 24.4 Å². The average molecular weight is 498 g/mol. The molecule has 0 atom stereocenters. The fourth-order valence-corrected chi connectivity index (χ4v) is 3.16. The Hall–Kier alpha value is -2.58. The highest BCUT2D eigenvalue weighted by Crippen LogP contribution is 2.28. The zero-order chi connectivity index (χ0) is 22.3. The van der Waals surface area contributed by atoms with Gasteiger partial charge in [0, 0.05) is 21.6 Å². The van der Waals surface area contributed by atoms with Gasteiger partial charge in [-0.25, -0.2) is 0 Å². The van der Waals surface area contributed by atoms with Gasteiger partial charge < -0.3 is 20.1 Å². The van der Waals surface area contributed by atoms with Crippen LogP contribution in [-0.2, 0) is 19.1 Å². The molecule has 0 aliphatic heterocycles. The first-order valence-corrected chi connectivity index (χ1v) is 10.2. The first kappa shape index (κ1) is 23.7. The largest absolute Gasteiger partial charge is 0.495 e. The second-order valence-corrected chi connectivity index (χ2v) is 7.81. The number of aryl methyl sites for hydroxylation is 2. The lowest BCUT2D eigenvalue weighted by molar-refractivity contribution is -0.147. The van der Waals surface area contributed by atoms with Crippen molar-refractivity contribution in [2.24, 2.45) is 0 Å². The van der Waals surface area contributed by atoms with Crippen LogP contribution in [0, 0.1) is 13.8 Å². The van der Waals surface area contributed by atoms with E-state index in [0.29, 0.717) is 22.1 Å². The lowest BCUT2D eigenvalue weighted by Crippen LogP contribution is -2.22. The topological polar surface area (TPSA) is 93.7 Å². The molecule has 2 rings (SSSR count). The van der Waals surface area contributed by atoms with Gasteiger partial charge in [-0.3, -0.25) is 14.4 Å². The van der Waals surface area contributed by atoms with Crippen LogP contribution in [0.3, 0.4) is 0 Å². The van der Waals surface area contributed by atoms with E-state index in [1.807, 2.05) is 26.0 Å². The molecule has 0 unspecified atom stereocenters. The van der Waals surface area contributed by atoms with Crippen LogP contribution in [0.5, 0.6) is 5.75 Å². The summed E-state index contributed by atoms with van der Waals surface area (Å²) in [6, 6.07) is 8.53. The Labute approximate surface area is 188 Å². The Morgan fingerprint density at radius 2 is 1.67 bits per heavy atom. The van der Waals surface area contributed by atoms with Crippen LogP contribution in [0.25, 0.3) is 0 Å². The maximum absolute atomic E-state index is 12.1. The van der Waals surface area contributed by atoms with Gasteiger partial charge in [-0.1, -0.05) is 27.5 Å². The number of ether oxygens (including phenoxy) is 2. The number of halogens is 2. The Kier molecular flexibility index (Phi) is 8.68. The van der Waals surface area contributed by atoms with E-state index in [-0.39, 0.29) is 12.8 Å². The van der Waals surface area contributed by atoms with Crippen molar-refractivity contribution in [1.29, 1.82) is 0 Å². The molecule has 0 aromatic heterocycles. The summed E-state index contributed by atoms with van der Waals surface area (Å²) < 4.78 is 11.0. The zero-order valence-corrected chi connectivity index (χ0v) is 19.1. The summed E-state index contributed by atoms with van der Waals surface area (Å²) in [6.07, 6.45) is -0.278. The van der Waals surface area contributed by atoms with Crippen molar-refractivity contribution in [3.05, 3.63) is 51.0 Å². The second-order valence-electron chi connectivity index (χ2n) is 6.52. The van der Waals surface area contributed by atoms with Crippen LogP contribution < -0.4 is 15.4 Å². The van der Waals surface area contributed by atoms with E-state index >= 15 is 0 Å². The number of esters is 1. The summed E-state index contributed by atoms with van der Waals surface area (Å²) in [6.45, 7) is 3.33. The normalized spacial score (nSPS) is 10.3. The van der Waals surface area contributed by atoms with Crippen LogP contribution in [0.2, 0.25) is 5.02 Å². The highest BCUT2D eigenvalue weighted by molar-refractivity contribution is 9.10. The molecule has 0 radical (unpaired) electrons. The maximum Gasteiger partial charge on any atom is 0.306 e. The van der Waals surface area contributed by atoms with Crippen molar-refractivity contribution in [1.82, 2.24) is 0 Å². The number of anilines is 2. The van der Waals surface area contributed by atoms with Crippen molar-refractivity contribution in [3.8, 4) is 5.75 Å². The SMILES string of the molecule is COc1ccc(Cl)cc1NC(=O)CCC(=O)OCC(=O)Nc1cc(C)c(Br)cc1C. The van der Waals surface area contributed by atoms with Crippen molar-refractivity contribution in [3.63, 3.8) is 0 Å². The Balaban J connectivity index is 1.78. The number of carbonyl (C=O) groups excluding carboxylic acids is 3. The highest BCUT2D eigenvalue weighted by atomic mass is 79.9. The third kappa shape index (κ3) is 7.03. The van der Waals surface area contributed by atoms with E-state index < -0.39 is 24.4 Å². The van der Waals surface area contributed by atoms with E-state index in [1.54, 1.807) is 18.2 Å². The number of carbonyl (C=O) groups is 3. The number of methoxy groups -OCH3 is 1. The number of amides is 2. The predicted molar refractivity (Wildman–Crippen MR) is 119 cm³/mol. The molecule has 2 N–H and O–H groups in total. The molecule has 0 heterocycles. The van der Waals surface area contributed by atoms with Crippen LogP contribution in [0.1, 0.15) is 24.0 Å². The number of benzene rings is 2. The third-order valence-corrected chi connectivity index (χ3v) is 5.23. The molecular formula is C21H22BrClN2O5. The lowest BCUT2D eigenvalue weighted by Gasteiger charge is -2.11. The Morgan fingerprint density at radius 1 is 0.967 bits per heavy atom. The van der Waals surface area contributed by atoms with Crippen LogP contribution in [0.4, 0.5) is 11.4 Å². The predicted octanol–water partition coefficient (Wildman–Crippen LogP) is 4.63. The van der Waals surface area contributed by atoms with Crippen LogP contribution in [-0.4, -0.2) is 31.5 Å². The standard InChI is InChI=1S/C21H22BrClN2O5/c1-12-9-16(13(2)8-15(12)22)24-20(27)11-30-21(28)7-6-19(26)25-17-10-14(23)4-5-18(17)29-3/h4-5,8-10H,6-7,11H2,1-3H3,(H,24,27)(H,25,26). The van der Waals surface area contributed by atoms with Gasteiger partial charge in [-0.05, 0) is 55.3 Å². The first-order valence-electron chi connectivity index (χ1n) is 9.05. The van der Waals surface area contributed by atoms with Gasteiger partial charge in [0.1, 0.15) is 5.75 Å². The van der Waals surface area contributed by atoms with Gasteiger partial charge in [-0.2, -0.15) is 0 Å². The minimum absolute atomic E-state index is 0.110. The molecule has 9 heteroatoms. The maximum atomic E-state index is 12.1. The number of hydrogen-bond donors (Lipinski definition) is 2. The molecule has 0 aliphatic rings. The minimum atomic E-state index is -0.651. The van der Waals surface area contributed by atoms with Crippen LogP contribution in [0.15, 0.2) is 34.8 Å². The van der Waals surface area contributed by atoms with E-state index in [4.69, 9.17) is 21.1 Å². The Bertz CT molecular complexity index is 965. The van der Waals surface area contributed by atoms with Crippen molar-refractivity contribution in [2.45, 2.75) is 26.7 Å². The Morgan fingerprint density at radius 3 is 2.37 bits per heavy atom. The molecule has 0 aliphatic carbocycles. The molecular weight excluding hydrogens is 476 g/mol. The van der Waals surface area contributed by atoms with Crippen LogP contribution >= 0.6 is 27.5 Å². The molecule has 0 bridgehead atoms. The van der Waals surface area contributed by atoms with Gasteiger partial charge in [0.25, 0.3) is 5.91 Å². The zero-order valence-electron chi connectivity index (χ0n) is 16.8. The molecule has 2 aromatic rings. The lowest BCUT2D eigenvalue weighted by atomic mass is 10.1. The van der Waals surface area contributed by atoms with Gasteiger partial charge >= 0.3 is 5.97 Å². The fourth-order valence-electron chi connectivity index (χ4n) is 2.53. The van der Waals surface area contributed by atoms with Gasteiger partial charge in [0.05, 0.1) is 19.2 Å². The average Bonchev–Trinajstić information content (AvgIpc) is 2.69. The summed E-state index contributed by atoms with van der Waals surface area (Å²) in [5.41, 5.74) is 2.89. The van der Waals surface area contributed by atoms with Crippen molar-refractivity contribution < 1.29 is 23.9 Å². The summed E-state index contributed by atoms with van der Waals surface area (Å²) in [5, 5.41) is 5.78. The summed E-state index contributed by atoms with van der Waals surface area (Å²) in [4.78, 5) is 36.0. The van der Waals surface area contributed by atoms with E-state index in [9.17, 15) is 14.4 Å². The second kappa shape index (κ2) is 11.0. The summed E-state index contributed by atoms with van der Waals surface area (Å²) in [5.74, 6) is -1.06. The van der Waals surface area contributed by atoms with Gasteiger partial charge in [0.2, 0.25) is 5.91 Å². The molecule has 0 saturated carbocycles. The van der Waals surface area contributed by atoms with E-state index in [1.165, 1.54) is 7.11 Å². The van der Waals surface area contributed by atoms with Crippen molar-refractivity contribution >= 4 is 56.7 Å². The molecule has 2 aromatic carbocycles. The molecule has 7 nitrogen and oxygen atoms in total. The van der Waals surface area contributed by atoms with E-state index in [0.717, 1.165) is 15.6 Å². The minimum Gasteiger partial charge on any atom is -0.495 e. The molecule has 2 amide bonds. The summed E-state index contributed by atoms with van der Waals surface area (Å²) >= 11 is 9.35. The van der Waals surface area contributed by atoms with Gasteiger partial charge in [-0.15, -0.1) is 0 Å². The number of hydrogen-bond acceptors (Lipinski definition) is 5. The van der Waals surface area contributed by atoms with Gasteiger partial charge in [0.15, 0.2) is 6.61 Å². The molecule has 0 spiro atoms. The summed E-state index contributed by atoms with van der Waals surface area (Å²) in [7, 11) is 1.47. The first-order chi connectivity index (χ1) is 14.2. The number of nitrogens with one attached hydrogen (secondary N) is 2. The number of rotatable bonds is 8. The fraction of sp³-hybridized carbons (Fsp3) is 0.286. The molecule has 0 fully saturated rings. The highest BCUT2D eigenvalue weighted by Gasteiger charge is 2.13. The third-order valence-electron chi connectivity index (χ3n) is 4.14. The smallest absolute Gasteiger partial charge is 0.306 e. The molecule has 0 saturated heterocycles.